The number of rotatable bonds is 7. The molecule has 18 heavy (non-hydrogen) atoms. The van der Waals surface area contributed by atoms with E-state index in [-0.39, 0.29) is 4.90 Å². The zero-order valence-electron chi connectivity index (χ0n) is 10.8. The van der Waals surface area contributed by atoms with E-state index in [2.05, 4.69) is 4.72 Å². The quantitative estimate of drug-likeness (QED) is 0.594. The van der Waals surface area contributed by atoms with Gasteiger partial charge >= 0.3 is 0 Å². The molecule has 0 aliphatic rings. The summed E-state index contributed by atoms with van der Waals surface area (Å²) in [5.74, 6) is 1.05. The van der Waals surface area contributed by atoms with Crippen molar-refractivity contribution in [2.24, 2.45) is 0 Å². The van der Waals surface area contributed by atoms with Crippen LogP contribution in [0.5, 0.6) is 0 Å². The molecule has 1 rings (SSSR count). The van der Waals surface area contributed by atoms with Crippen LogP contribution in [0.3, 0.4) is 0 Å². The number of hydrogen-bond acceptors (Lipinski definition) is 4. The molecule has 4 nitrogen and oxygen atoms in total. The van der Waals surface area contributed by atoms with Crippen LogP contribution in [0, 0.1) is 6.92 Å². The fourth-order valence-electron chi connectivity index (χ4n) is 1.56. The van der Waals surface area contributed by atoms with Crippen molar-refractivity contribution in [3.8, 4) is 0 Å². The first-order valence-electron chi connectivity index (χ1n) is 5.82. The van der Waals surface area contributed by atoms with Crippen LogP contribution in [0.1, 0.15) is 18.4 Å². The standard InChI is InChI=1S/C12H20N2O2S2/c1-10-5-6-11(13)9-12(10)18(15,16)14-7-3-4-8-17-2/h5-6,9,14H,3-4,7-8,13H2,1-2H3. The molecule has 0 fully saturated rings. The van der Waals surface area contributed by atoms with Crippen LogP contribution in [-0.2, 0) is 10.0 Å². The Morgan fingerprint density at radius 1 is 1.33 bits per heavy atom. The highest BCUT2D eigenvalue weighted by Gasteiger charge is 2.16. The predicted octanol–water partition coefficient (Wildman–Crippen LogP) is 2.00. The second-order valence-corrected chi connectivity index (χ2v) is 6.84. The summed E-state index contributed by atoms with van der Waals surface area (Å²) < 4.78 is 26.7. The molecule has 0 saturated heterocycles. The van der Waals surface area contributed by atoms with Gasteiger partial charge in [-0.2, -0.15) is 11.8 Å². The molecule has 1 aromatic rings. The van der Waals surface area contributed by atoms with Crippen molar-refractivity contribution in [2.45, 2.75) is 24.7 Å². The summed E-state index contributed by atoms with van der Waals surface area (Å²) in [5, 5.41) is 0. The summed E-state index contributed by atoms with van der Waals surface area (Å²) in [6.07, 6.45) is 3.90. The van der Waals surface area contributed by atoms with Crippen LogP contribution in [0.25, 0.3) is 0 Å². The van der Waals surface area contributed by atoms with Crippen LogP contribution in [0.2, 0.25) is 0 Å². The second-order valence-electron chi connectivity index (χ2n) is 4.12. The number of anilines is 1. The first-order chi connectivity index (χ1) is 8.47. The summed E-state index contributed by atoms with van der Waals surface area (Å²) >= 11 is 1.77. The van der Waals surface area contributed by atoms with Crippen molar-refractivity contribution in [1.82, 2.24) is 4.72 Å². The van der Waals surface area contributed by atoms with Gasteiger partial charge in [-0.05, 0) is 49.5 Å². The van der Waals surface area contributed by atoms with E-state index in [4.69, 9.17) is 5.73 Å². The number of sulfonamides is 1. The SMILES string of the molecule is CSCCCCNS(=O)(=O)c1cc(N)ccc1C. The summed E-state index contributed by atoms with van der Waals surface area (Å²) in [5.41, 5.74) is 6.79. The van der Waals surface area contributed by atoms with Gasteiger partial charge in [0.2, 0.25) is 10.0 Å². The number of hydrogen-bond donors (Lipinski definition) is 2. The lowest BCUT2D eigenvalue weighted by Crippen LogP contribution is -2.25. The van der Waals surface area contributed by atoms with Gasteiger partial charge in [0.15, 0.2) is 0 Å². The Morgan fingerprint density at radius 2 is 2.06 bits per heavy atom. The van der Waals surface area contributed by atoms with Crippen LogP contribution < -0.4 is 10.5 Å². The van der Waals surface area contributed by atoms with Crippen molar-refractivity contribution < 1.29 is 8.42 Å². The maximum absolute atomic E-state index is 12.1. The van der Waals surface area contributed by atoms with E-state index in [0.717, 1.165) is 18.6 Å². The molecular weight excluding hydrogens is 268 g/mol. The molecule has 0 amide bonds. The normalized spacial score (nSPS) is 11.7. The third-order valence-corrected chi connectivity index (χ3v) is 4.87. The van der Waals surface area contributed by atoms with Crippen molar-refractivity contribution >= 4 is 27.5 Å². The van der Waals surface area contributed by atoms with Gasteiger partial charge in [0.05, 0.1) is 4.90 Å². The minimum absolute atomic E-state index is 0.271. The molecule has 0 atom stereocenters. The largest absolute Gasteiger partial charge is 0.399 e. The molecule has 0 heterocycles. The van der Waals surface area contributed by atoms with Gasteiger partial charge in [0.25, 0.3) is 0 Å². The van der Waals surface area contributed by atoms with Crippen molar-refractivity contribution in [3.05, 3.63) is 23.8 Å². The lowest BCUT2D eigenvalue weighted by molar-refractivity contribution is 0.578. The molecule has 0 bridgehead atoms. The minimum atomic E-state index is -3.44. The zero-order valence-corrected chi connectivity index (χ0v) is 12.4. The fourth-order valence-corrected chi connectivity index (χ4v) is 3.41. The first kappa shape index (κ1) is 15.3. The maximum atomic E-state index is 12.1. The van der Waals surface area contributed by atoms with E-state index in [1.807, 2.05) is 6.26 Å². The highest BCUT2D eigenvalue weighted by molar-refractivity contribution is 7.98. The number of thioether (sulfide) groups is 1. The van der Waals surface area contributed by atoms with Gasteiger partial charge in [-0.25, -0.2) is 13.1 Å². The number of unbranched alkanes of at least 4 members (excludes halogenated alkanes) is 1. The minimum Gasteiger partial charge on any atom is -0.399 e. The third kappa shape index (κ3) is 4.51. The summed E-state index contributed by atoms with van der Waals surface area (Å²) in [6.45, 7) is 2.23. The van der Waals surface area contributed by atoms with Gasteiger partial charge in [-0.1, -0.05) is 6.07 Å². The monoisotopic (exact) mass is 288 g/mol. The Hall–Kier alpha value is -0.720. The Bertz CT molecular complexity index is 487. The Kier molecular flexibility index (Phi) is 5.98. The van der Waals surface area contributed by atoms with Gasteiger partial charge in [-0.15, -0.1) is 0 Å². The van der Waals surface area contributed by atoms with E-state index in [0.29, 0.717) is 17.8 Å². The molecule has 0 radical (unpaired) electrons. The zero-order chi connectivity index (χ0) is 13.6. The average Bonchev–Trinajstić information content (AvgIpc) is 2.32. The maximum Gasteiger partial charge on any atom is 0.240 e. The molecule has 0 aliphatic carbocycles. The molecule has 0 aliphatic heterocycles. The lowest BCUT2D eigenvalue weighted by atomic mass is 10.2. The Morgan fingerprint density at radius 3 is 2.72 bits per heavy atom. The van der Waals surface area contributed by atoms with E-state index in [9.17, 15) is 8.42 Å². The topological polar surface area (TPSA) is 72.2 Å². The molecule has 1 aromatic carbocycles. The summed E-state index contributed by atoms with van der Waals surface area (Å²) in [6, 6.07) is 4.92. The van der Waals surface area contributed by atoms with E-state index in [1.165, 1.54) is 6.07 Å². The fraction of sp³-hybridized carbons (Fsp3) is 0.500. The Balaban J connectivity index is 2.66. The predicted molar refractivity (Wildman–Crippen MR) is 78.4 cm³/mol. The summed E-state index contributed by atoms with van der Waals surface area (Å²) in [4.78, 5) is 0.271. The number of benzene rings is 1. The first-order valence-corrected chi connectivity index (χ1v) is 8.70. The highest BCUT2D eigenvalue weighted by Crippen LogP contribution is 2.18. The molecule has 0 unspecified atom stereocenters. The van der Waals surface area contributed by atoms with Crippen LogP contribution in [-0.4, -0.2) is 27.0 Å². The smallest absolute Gasteiger partial charge is 0.240 e. The van der Waals surface area contributed by atoms with Crippen LogP contribution in [0.15, 0.2) is 23.1 Å². The highest BCUT2D eigenvalue weighted by atomic mass is 32.2. The average molecular weight is 288 g/mol. The molecule has 6 heteroatoms. The molecular formula is C12H20N2O2S2. The van der Waals surface area contributed by atoms with Crippen molar-refractivity contribution in [1.29, 1.82) is 0 Å². The van der Waals surface area contributed by atoms with Gasteiger partial charge in [-0.3, -0.25) is 0 Å². The molecule has 102 valence electrons. The third-order valence-electron chi connectivity index (χ3n) is 2.57. The number of nitrogens with one attached hydrogen (secondary N) is 1. The Labute approximate surface area is 113 Å². The van der Waals surface area contributed by atoms with E-state index >= 15 is 0 Å². The second kappa shape index (κ2) is 7.01. The number of nitrogens with two attached hydrogens (primary N) is 1. The molecule has 3 N–H and O–H groups in total. The van der Waals surface area contributed by atoms with E-state index < -0.39 is 10.0 Å². The van der Waals surface area contributed by atoms with Gasteiger partial charge < -0.3 is 5.73 Å². The van der Waals surface area contributed by atoms with E-state index in [1.54, 1.807) is 30.8 Å². The van der Waals surface area contributed by atoms with Gasteiger partial charge in [0.1, 0.15) is 0 Å². The molecule has 0 aromatic heterocycles. The lowest BCUT2D eigenvalue weighted by Gasteiger charge is -2.09. The van der Waals surface area contributed by atoms with Crippen molar-refractivity contribution in [2.75, 3.05) is 24.3 Å². The number of aryl methyl sites for hydroxylation is 1. The molecule has 0 spiro atoms. The number of nitrogen functional groups attached to an aromatic ring is 1. The summed E-state index contributed by atoms with van der Waals surface area (Å²) in [7, 11) is -3.44. The van der Waals surface area contributed by atoms with Gasteiger partial charge in [0, 0.05) is 12.2 Å². The van der Waals surface area contributed by atoms with Crippen LogP contribution >= 0.6 is 11.8 Å². The van der Waals surface area contributed by atoms with Crippen molar-refractivity contribution in [3.63, 3.8) is 0 Å². The van der Waals surface area contributed by atoms with Crippen LogP contribution in [0.4, 0.5) is 5.69 Å². The molecule has 0 saturated carbocycles.